The van der Waals surface area contributed by atoms with Gasteiger partial charge in [0.15, 0.2) is 5.60 Å². The van der Waals surface area contributed by atoms with E-state index in [1.54, 1.807) is 6.08 Å². The van der Waals surface area contributed by atoms with Gasteiger partial charge in [0, 0.05) is 18.4 Å². The first-order valence-corrected chi connectivity index (χ1v) is 10.1. The molecule has 0 aliphatic heterocycles. The van der Waals surface area contributed by atoms with Gasteiger partial charge >= 0.3 is 6.18 Å². The highest BCUT2D eigenvalue weighted by Crippen LogP contribution is 2.66. The van der Waals surface area contributed by atoms with E-state index in [-0.39, 0.29) is 35.4 Å². The zero-order valence-corrected chi connectivity index (χ0v) is 16.3. The summed E-state index contributed by atoms with van der Waals surface area (Å²) in [5.41, 5.74) is -2.04. The number of carbonyl (C=O) groups is 1. The number of Topliss-reactive ketones (excluding diaryl/α,β-unsaturated/α-hetero) is 1. The van der Waals surface area contributed by atoms with Gasteiger partial charge in [0.1, 0.15) is 5.78 Å². The normalized spacial score (nSPS) is 47.0. The molecule has 0 aromatic heterocycles. The summed E-state index contributed by atoms with van der Waals surface area (Å²) in [4.78, 5) is 13.3. The fourth-order valence-corrected chi connectivity index (χ4v) is 6.93. The molecular formula is C22H26F3NO2. The van der Waals surface area contributed by atoms with Crippen molar-refractivity contribution in [3.63, 3.8) is 0 Å². The van der Waals surface area contributed by atoms with E-state index in [2.05, 4.69) is 13.0 Å². The van der Waals surface area contributed by atoms with Crippen molar-refractivity contribution in [2.45, 2.75) is 70.6 Å². The molecule has 4 aliphatic carbocycles. The number of nitrogens with zero attached hydrogens (tertiary/aromatic N) is 1. The van der Waals surface area contributed by atoms with Gasteiger partial charge in [0.25, 0.3) is 0 Å². The van der Waals surface area contributed by atoms with E-state index in [0.29, 0.717) is 24.8 Å². The Morgan fingerprint density at radius 2 is 1.93 bits per heavy atom. The summed E-state index contributed by atoms with van der Waals surface area (Å²) >= 11 is 0. The van der Waals surface area contributed by atoms with Gasteiger partial charge in [-0.3, -0.25) is 4.79 Å². The molecule has 0 amide bonds. The Balaban J connectivity index is 1.73. The summed E-state index contributed by atoms with van der Waals surface area (Å²) in [7, 11) is 0. The number of alkyl halides is 3. The largest absolute Gasteiger partial charge is 0.420 e. The van der Waals surface area contributed by atoms with Crippen molar-refractivity contribution in [3.8, 4) is 6.07 Å². The third-order valence-electron chi connectivity index (χ3n) is 8.45. The Kier molecular flexibility index (Phi) is 4.18. The van der Waals surface area contributed by atoms with Gasteiger partial charge in [0.2, 0.25) is 0 Å². The molecule has 6 unspecified atom stereocenters. The number of halogens is 3. The maximum absolute atomic E-state index is 13.4. The van der Waals surface area contributed by atoms with Crippen LogP contribution in [0.2, 0.25) is 0 Å². The lowest BCUT2D eigenvalue weighted by atomic mass is 9.46. The van der Waals surface area contributed by atoms with Crippen LogP contribution in [0.15, 0.2) is 23.3 Å². The number of hydrogen-bond acceptors (Lipinski definition) is 3. The molecule has 0 saturated heterocycles. The first kappa shape index (κ1) is 19.7. The number of allylic oxidation sites excluding steroid dienone is 3. The van der Waals surface area contributed by atoms with E-state index in [1.165, 1.54) is 0 Å². The predicted octanol–water partition coefficient (Wildman–Crippen LogP) is 4.87. The third-order valence-corrected chi connectivity index (χ3v) is 8.45. The van der Waals surface area contributed by atoms with E-state index >= 15 is 0 Å². The summed E-state index contributed by atoms with van der Waals surface area (Å²) in [5.74, 6) is 0.247. The van der Waals surface area contributed by atoms with Crippen molar-refractivity contribution >= 4 is 5.78 Å². The zero-order valence-electron chi connectivity index (χ0n) is 16.3. The first-order chi connectivity index (χ1) is 13.0. The van der Waals surface area contributed by atoms with Gasteiger partial charge < -0.3 is 5.11 Å². The average Bonchev–Trinajstić information content (AvgIpc) is 2.91. The van der Waals surface area contributed by atoms with Crippen LogP contribution in [0.3, 0.4) is 0 Å². The SMILES string of the molecule is CC12CC(=O)C3C(CCC4=CC(O)(C(F)(F)F)CCC43C)C1CCC2=CC#N. The molecule has 0 bridgehead atoms. The second-order valence-corrected chi connectivity index (χ2v) is 9.69. The van der Waals surface area contributed by atoms with Crippen LogP contribution in [-0.4, -0.2) is 22.7 Å². The smallest absolute Gasteiger partial charge is 0.377 e. The van der Waals surface area contributed by atoms with Crippen LogP contribution in [-0.2, 0) is 4.79 Å². The lowest BCUT2D eigenvalue weighted by Crippen LogP contribution is -2.56. The summed E-state index contributed by atoms with van der Waals surface area (Å²) in [5, 5.41) is 19.3. The molecule has 6 atom stereocenters. The van der Waals surface area contributed by atoms with E-state index in [9.17, 15) is 23.1 Å². The first-order valence-electron chi connectivity index (χ1n) is 10.1. The lowest BCUT2D eigenvalue weighted by Gasteiger charge is -2.57. The zero-order chi connectivity index (χ0) is 20.5. The molecule has 0 spiro atoms. The number of ketones is 1. The van der Waals surface area contributed by atoms with Gasteiger partial charge in [-0.05, 0) is 67.3 Å². The monoisotopic (exact) mass is 393 g/mol. The van der Waals surface area contributed by atoms with Crippen molar-refractivity contribution in [2.75, 3.05) is 0 Å². The minimum Gasteiger partial charge on any atom is -0.377 e. The van der Waals surface area contributed by atoms with Crippen molar-refractivity contribution in [1.29, 1.82) is 5.26 Å². The van der Waals surface area contributed by atoms with Gasteiger partial charge in [0.05, 0.1) is 6.07 Å². The molecule has 0 radical (unpaired) electrons. The maximum Gasteiger partial charge on any atom is 0.420 e. The van der Waals surface area contributed by atoms with Crippen molar-refractivity contribution in [2.24, 2.45) is 28.6 Å². The molecule has 3 nitrogen and oxygen atoms in total. The van der Waals surface area contributed by atoms with Crippen LogP contribution in [0.4, 0.5) is 13.2 Å². The van der Waals surface area contributed by atoms with E-state index < -0.39 is 23.6 Å². The number of carbonyl (C=O) groups excluding carboxylic acids is 1. The van der Waals surface area contributed by atoms with Gasteiger partial charge in [-0.15, -0.1) is 0 Å². The Hall–Kier alpha value is -1.61. The minimum absolute atomic E-state index is 0.111. The highest BCUT2D eigenvalue weighted by molar-refractivity contribution is 5.85. The Morgan fingerprint density at radius 3 is 2.57 bits per heavy atom. The van der Waals surface area contributed by atoms with E-state index in [1.807, 2.05) is 6.92 Å². The average molecular weight is 393 g/mol. The van der Waals surface area contributed by atoms with Crippen molar-refractivity contribution in [1.82, 2.24) is 0 Å². The fourth-order valence-electron chi connectivity index (χ4n) is 6.93. The molecule has 0 aromatic rings. The Morgan fingerprint density at radius 1 is 1.21 bits per heavy atom. The summed E-state index contributed by atoms with van der Waals surface area (Å²) in [6, 6.07) is 2.11. The van der Waals surface area contributed by atoms with Gasteiger partial charge in [-0.1, -0.05) is 25.0 Å². The standard InChI is InChI=1S/C22H26F3NO2/c1-19-8-9-21(28,22(23,24)25)11-14(19)3-5-15-16-6-4-13(7-10-26)20(16,2)12-17(27)18(15)19/h7,11,15-16,18,28H,3-6,8-9,12H2,1-2H3. The Labute approximate surface area is 163 Å². The molecule has 0 aromatic carbocycles. The maximum atomic E-state index is 13.4. The number of rotatable bonds is 0. The van der Waals surface area contributed by atoms with Crippen LogP contribution >= 0.6 is 0 Å². The Bertz CT molecular complexity index is 823. The van der Waals surface area contributed by atoms with Crippen LogP contribution in [0.5, 0.6) is 0 Å². The second-order valence-electron chi connectivity index (χ2n) is 9.69. The summed E-state index contributed by atoms with van der Waals surface area (Å²) in [6.45, 7) is 4.01. The predicted molar refractivity (Wildman–Crippen MR) is 96.8 cm³/mol. The third kappa shape index (κ3) is 2.48. The van der Waals surface area contributed by atoms with Crippen molar-refractivity contribution < 1.29 is 23.1 Å². The molecule has 1 N–H and O–H groups in total. The number of nitriles is 1. The van der Waals surface area contributed by atoms with Gasteiger partial charge in [-0.2, -0.15) is 18.4 Å². The molecule has 3 fully saturated rings. The topological polar surface area (TPSA) is 61.1 Å². The van der Waals surface area contributed by atoms with Crippen LogP contribution in [0.1, 0.15) is 58.8 Å². The molecular weight excluding hydrogens is 367 g/mol. The van der Waals surface area contributed by atoms with E-state index in [0.717, 1.165) is 24.5 Å². The second kappa shape index (κ2) is 5.95. The molecule has 0 heterocycles. The molecule has 28 heavy (non-hydrogen) atoms. The minimum atomic E-state index is -4.70. The molecule has 3 saturated carbocycles. The van der Waals surface area contributed by atoms with E-state index in [4.69, 9.17) is 5.26 Å². The number of aliphatic hydroxyl groups is 1. The molecule has 152 valence electrons. The quantitative estimate of drug-likeness (QED) is 0.472. The lowest BCUT2D eigenvalue weighted by molar-refractivity contribution is -0.247. The van der Waals surface area contributed by atoms with Crippen LogP contribution in [0, 0.1) is 39.9 Å². The molecule has 4 aliphatic rings. The summed E-state index contributed by atoms with van der Waals surface area (Å²) < 4.78 is 40.1. The number of hydrogen-bond donors (Lipinski definition) is 1. The molecule has 4 rings (SSSR count). The highest BCUT2D eigenvalue weighted by Gasteiger charge is 2.63. The van der Waals surface area contributed by atoms with Gasteiger partial charge in [-0.25, -0.2) is 0 Å². The van der Waals surface area contributed by atoms with Crippen LogP contribution < -0.4 is 0 Å². The van der Waals surface area contributed by atoms with Crippen molar-refractivity contribution in [3.05, 3.63) is 23.3 Å². The van der Waals surface area contributed by atoms with Crippen LogP contribution in [0.25, 0.3) is 0 Å². The summed E-state index contributed by atoms with van der Waals surface area (Å²) in [6.07, 6.45) is 0.962. The number of fused-ring (bicyclic) bond motifs is 5. The fraction of sp³-hybridized carbons (Fsp3) is 0.727. The molecule has 6 heteroatoms. The highest BCUT2D eigenvalue weighted by atomic mass is 19.4.